The lowest BCUT2D eigenvalue weighted by atomic mass is 9.77. The molecule has 1 saturated carbocycles. The van der Waals surface area contributed by atoms with E-state index in [0.717, 1.165) is 30.6 Å². The van der Waals surface area contributed by atoms with Crippen LogP contribution in [0.1, 0.15) is 93.6 Å². The number of ether oxygens (including phenoxy) is 1. The first kappa shape index (κ1) is 24.8. The van der Waals surface area contributed by atoms with E-state index in [1.807, 2.05) is 31.7 Å². The molecule has 2 aliphatic rings. The lowest BCUT2D eigenvalue weighted by molar-refractivity contribution is -0.126. The maximum absolute atomic E-state index is 13.7. The molecule has 6 heteroatoms. The van der Waals surface area contributed by atoms with Gasteiger partial charge in [0.15, 0.2) is 0 Å². The number of thiophene rings is 1. The number of aliphatic hydroxyl groups excluding tert-OH is 1. The summed E-state index contributed by atoms with van der Waals surface area (Å²) in [5.74, 6) is 6.23. The zero-order valence-corrected chi connectivity index (χ0v) is 20.9. The van der Waals surface area contributed by atoms with Crippen molar-refractivity contribution in [1.29, 1.82) is 0 Å². The molecular weight excluding hydrogens is 422 g/mol. The van der Waals surface area contributed by atoms with Crippen molar-refractivity contribution in [3.8, 4) is 11.8 Å². The lowest BCUT2D eigenvalue weighted by Crippen LogP contribution is -2.52. The standard InChI is InChI=1S/C26H37NO4S/c1-17(28)15-19-11-12-21(18-9-7-6-8-10-18)27(24(19)29)22-16-20(13-14-26(2,3)4)32-23(22)25(30)31-5/h16-19,21,28H,6-12,15H2,1-5H3/t17-,19+,21-/m0/s1. The summed E-state index contributed by atoms with van der Waals surface area (Å²) in [4.78, 5) is 29.5. The summed E-state index contributed by atoms with van der Waals surface area (Å²) in [6.07, 6.45) is 7.46. The van der Waals surface area contributed by atoms with Crippen LogP contribution in [0.2, 0.25) is 0 Å². The first-order chi connectivity index (χ1) is 15.1. The second kappa shape index (κ2) is 10.4. The molecule has 1 saturated heterocycles. The van der Waals surface area contributed by atoms with Crippen molar-refractivity contribution < 1.29 is 19.4 Å². The van der Waals surface area contributed by atoms with Crippen molar-refractivity contribution in [1.82, 2.24) is 0 Å². The topological polar surface area (TPSA) is 66.8 Å². The van der Waals surface area contributed by atoms with E-state index in [0.29, 0.717) is 22.9 Å². The van der Waals surface area contributed by atoms with Crippen LogP contribution in [-0.4, -0.2) is 36.2 Å². The number of esters is 1. The van der Waals surface area contributed by atoms with E-state index >= 15 is 0 Å². The fraction of sp³-hybridized carbons (Fsp3) is 0.692. The second-order valence-electron chi connectivity index (χ2n) is 10.3. The van der Waals surface area contributed by atoms with Crippen LogP contribution in [0.25, 0.3) is 0 Å². The summed E-state index contributed by atoms with van der Waals surface area (Å²) in [5.41, 5.74) is 0.472. The van der Waals surface area contributed by atoms with E-state index in [9.17, 15) is 14.7 Å². The van der Waals surface area contributed by atoms with Crippen LogP contribution in [0, 0.1) is 29.1 Å². The highest BCUT2D eigenvalue weighted by Gasteiger charge is 2.42. The van der Waals surface area contributed by atoms with Gasteiger partial charge in [0.2, 0.25) is 5.91 Å². The van der Waals surface area contributed by atoms with Crippen LogP contribution in [-0.2, 0) is 9.53 Å². The van der Waals surface area contributed by atoms with Crippen molar-refractivity contribution >= 4 is 28.9 Å². The first-order valence-corrected chi connectivity index (χ1v) is 12.7. The Labute approximate surface area is 196 Å². The molecule has 0 unspecified atom stereocenters. The molecule has 2 heterocycles. The Kier molecular flexibility index (Phi) is 8.06. The lowest BCUT2D eigenvalue weighted by Gasteiger charge is -2.44. The molecule has 1 N–H and O–H groups in total. The van der Waals surface area contributed by atoms with Gasteiger partial charge in [-0.1, -0.05) is 31.1 Å². The van der Waals surface area contributed by atoms with Gasteiger partial charge in [-0.25, -0.2) is 4.79 Å². The van der Waals surface area contributed by atoms with Gasteiger partial charge in [0.1, 0.15) is 4.88 Å². The molecule has 3 rings (SSSR count). The predicted octanol–water partition coefficient (Wildman–Crippen LogP) is 5.40. The summed E-state index contributed by atoms with van der Waals surface area (Å²) >= 11 is 1.30. The number of amides is 1. The molecule has 0 bridgehead atoms. The Morgan fingerprint density at radius 3 is 2.53 bits per heavy atom. The maximum atomic E-state index is 13.7. The summed E-state index contributed by atoms with van der Waals surface area (Å²) in [5, 5.41) is 9.96. The minimum absolute atomic E-state index is 0.0195. The Morgan fingerprint density at radius 1 is 1.25 bits per heavy atom. The highest BCUT2D eigenvalue weighted by molar-refractivity contribution is 7.15. The molecule has 1 amide bonds. The van der Waals surface area contributed by atoms with Gasteiger partial charge in [-0.15, -0.1) is 11.3 Å². The summed E-state index contributed by atoms with van der Waals surface area (Å²) in [6.45, 7) is 7.87. The minimum Gasteiger partial charge on any atom is -0.465 e. The van der Waals surface area contributed by atoms with Crippen molar-refractivity contribution in [2.24, 2.45) is 17.3 Å². The van der Waals surface area contributed by atoms with E-state index in [2.05, 4.69) is 11.8 Å². The third kappa shape index (κ3) is 5.94. The second-order valence-corrected chi connectivity index (χ2v) is 11.4. The zero-order chi connectivity index (χ0) is 23.5. The van der Waals surface area contributed by atoms with Crippen LogP contribution >= 0.6 is 11.3 Å². The summed E-state index contributed by atoms with van der Waals surface area (Å²) < 4.78 is 5.08. The summed E-state index contributed by atoms with van der Waals surface area (Å²) in [7, 11) is 1.37. The van der Waals surface area contributed by atoms with E-state index in [1.54, 1.807) is 6.92 Å². The molecule has 0 spiro atoms. The molecule has 32 heavy (non-hydrogen) atoms. The van der Waals surface area contributed by atoms with Gasteiger partial charge in [0.25, 0.3) is 0 Å². The summed E-state index contributed by atoms with van der Waals surface area (Å²) in [6, 6.07) is 1.98. The number of aliphatic hydroxyl groups is 1. The average molecular weight is 460 g/mol. The van der Waals surface area contributed by atoms with Crippen LogP contribution in [0.5, 0.6) is 0 Å². The fourth-order valence-corrected chi connectivity index (χ4v) is 5.91. The number of carbonyl (C=O) groups excluding carboxylic acids is 2. The average Bonchev–Trinajstić information content (AvgIpc) is 3.17. The van der Waals surface area contributed by atoms with E-state index in [-0.39, 0.29) is 23.3 Å². The van der Waals surface area contributed by atoms with Crippen molar-refractivity contribution in [3.05, 3.63) is 15.8 Å². The van der Waals surface area contributed by atoms with Crippen LogP contribution in [0.3, 0.4) is 0 Å². The number of nitrogens with zero attached hydrogens (tertiary/aromatic N) is 1. The predicted molar refractivity (Wildman–Crippen MR) is 129 cm³/mol. The number of methoxy groups -OCH3 is 1. The van der Waals surface area contributed by atoms with Crippen molar-refractivity contribution in [3.63, 3.8) is 0 Å². The van der Waals surface area contributed by atoms with Crippen LogP contribution in [0.4, 0.5) is 5.69 Å². The number of carbonyl (C=O) groups is 2. The number of hydrogen-bond acceptors (Lipinski definition) is 5. The SMILES string of the molecule is COC(=O)c1sc(C#CC(C)(C)C)cc1N1C(=O)[C@@H](C[C@H](C)O)CC[C@H]1C1CCCCC1. The molecule has 5 nitrogen and oxygen atoms in total. The quantitative estimate of drug-likeness (QED) is 0.473. The van der Waals surface area contributed by atoms with Gasteiger partial charge in [0, 0.05) is 17.4 Å². The fourth-order valence-electron chi connectivity index (χ4n) is 4.99. The van der Waals surface area contributed by atoms with Crippen molar-refractivity contribution in [2.45, 2.75) is 91.2 Å². The monoisotopic (exact) mass is 459 g/mol. The number of hydrogen-bond donors (Lipinski definition) is 1. The Bertz CT molecular complexity index is 880. The van der Waals surface area contributed by atoms with Gasteiger partial charge in [-0.2, -0.15) is 0 Å². The first-order valence-electron chi connectivity index (χ1n) is 11.9. The van der Waals surface area contributed by atoms with E-state index in [4.69, 9.17) is 4.74 Å². The largest absolute Gasteiger partial charge is 0.465 e. The van der Waals surface area contributed by atoms with E-state index in [1.165, 1.54) is 37.7 Å². The van der Waals surface area contributed by atoms with Crippen LogP contribution in [0.15, 0.2) is 6.07 Å². The van der Waals surface area contributed by atoms with Gasteiger partial charge in [-0.3, -0.25) is 4.79 Å². The molecule has 1 aromatic rings. The van der Waals surface area contributed by atoms with Crippen molar-refractivity contribution in [2.75, 3.05) is 12.0 Å². The molecule has 1 aliphatic carbocycles. The molecule has 3 atom stereocenters. The molecule has 0 radical (unpaired) electrons. The Morgan fingerprint density at radius 2 is 1.94 bits per heavy atom. The molecule has 1 aromatic heterocycles. The molecule has 1 aliphatic heterocycles. The maximum Gasteiger partial charge on any atom is 0.350 e. The highest BCUT2D eigenvalue weighted by atomic mass is 32.1. The van der Waals surface area contributed by atoms with Gasteiger partial charge in [0.05, 0.1) is 23.8 Å². The smallest absolute Gasteiger partial charge is 0.350 e. The van der Waals surface area contributed by atoms with Gasteiger partial charge < -0.3 is 14.7 Å². The molecule has 176 valence electrons. The zero-order valence-electron chi connectivity index (χ0n) is 20.1. The number of piperidine rings is 1. The Balaban J connectivity index is 2.06. The molecule has 2 fully saturated rings. The van der Waals surface area contributed by atoms with Crippen LogP contribution < -0.4 is 4.90 Å². The van der Waals surface area contributed by atoms with Gasteiger partial charge in [-0.05, 0) is 71.8 Å². The Hall–Kier alpha value is -1.84. The number of anilines is 1. The third-order valence-electron chi connectivity index (χ3n) is 6.45. The normalized spacial score (nSPS) is 23.4. The molecular formula is C26H37NO4S. The van der Waals surface area contributed by atoms with E-state index < -0.39 is 12.1 Å². The van der Waals surface area contributed by atoms with Gasteiger partial charge >= 0.3 is 5.97 Å². The third-order valence-corrected chi connectivity index (χ3v) is 7.47. The minimum atomic E-state index is -0.534. The highest BCUT2D eigenvalue weighted by Crippen LogP contribution is 2.42. The number of rotatable bonds is 5. The molecule has 0 aromatic carbocycles.